The Kier molecular flexibility index (Phi) is 8.56. The second-order valence-corrected chi connectivity index (χ2v) is 13.4. The molecule has 240 valence electrons. The topological polar surface area (TPSA) is 112 Å². The van der Waals surface area contributed by atoms with Gasteiger partial charge in [0.1, 0.15) is 11.6 Å². The van der Waals surface area contributed by atoms with Gasteiger partial charge in [0.05, 0.1) is 36.9 Å². The maximum Gasteiger partial charge on any atom is 0.317 e. The molecule has 3 aliphatic carbocycles. The lowest BCUT2D eigenvalue weighted by molar-refractivity contribution is -0.138. The van der Waals surface area contributed by atoms with E-state index in [1.54, 1.807) is 18.2 Å². The van der Waals surface area contributed by atoms with Crippen LogP contribution in [0.1, 0.15) is 39.2 Å². The van der Waals surface area contributed by atoms with Crippen LogP contribution in [0.2, 0.25) is 0 Å². The van der Waals surface area contributed by atoms with Gasteiger partial charge in [0.2, 0.25) is 0 Å². The number of piperazine rings is 1. The molecule has 0 amide bonds. The minimum Gasteiger partial charge on any atom is -0.497 e. The number of anilines is 1. The molecule has 4 fully saturated rings. The zero-order valence-electron chi connectivity index (χ0n) is 26.5. The molecule has 1 aliphatic heterocycles. The van der Waals surface area contributed by atoms with Crippen LogP contribution in [0, 0.1) is 29.0 Å². The van der Waals surface area contributed by atoms with E-state index in [-0.39, 0.29) is 24.0 Å². The first kappa shape index (κ1) is 31.0. The van der Waals surface area contributed by atoms with Gasteiger partial charge in [-0.05, 0) is 72.3 Å². The number of halogens is 1. The number of nitrogens with zero attached hydrogens (tertiary/aromatic N) is 5. The van der Waals surface area contributed by atoms with Gasteiger partial charge >= 0.3 is 5.97 Å². The standard InChI is InChI=1S/C34H43FN6O4/c1-21-27-15-23(34(27,2)3)16-29(21)38-33(40-13-11-39(12-14-40)19-31(42)43)37-24-6-8-26-30(17-24)36-20-41(32(26)44)10-9-22-5-7-25(45-4)18-28(22)35/h5-8,17-18,20-21,23,27,29H,9-16,19H2,1-4H3,(H,37,38)(H,42,43)/t21-,23-,27-,29?/m1/s1. The molecular formula is C34H43FN6O4. The fourth-order valence-electron chi connectivity index (χ4n) is 7.58. The number of carboxylic acid groups (broad SMARTS) is 1. The average molecular weight is 619 g/mol. The van der Waals surface area contributed by atoms with Crippen molar-refractivity contribution in [2.24, 2.45) is 28.2 Å². The van der Waals surface area contributed by atoms with Crippen molar-refractivity contribution >= 4 is 28.5 Å². The Balaban J connectivity index is 1.21. The molecule has 3 saturated carbocycles. The second-order valence-electron chi connectivity index (χ2n) is 13.4. The van der Waals surface area contributed by atoms with Gasteiger partial charge in [0.15, 0.2) is 5.96 Å². The molecule has 4 atom stereocenters. The van der Waals surface area contributed by atoms with Crippen molar-refractivity contribution in [2.75, 3.05) is 45.2 Å². The van der Waals surface area contributed by atoms with Crippen molar-refractivity contribution in [2.45, 2.75) is 52.6 Å². The number of aromatic nitrogens is 2. The van der Waals surface area contributed by atoms with Gasteiger partial charge in [-0.2, -0.15) is 0 Å². The molecule has 2 aromatic carbocycles. The van der Waals surface area contributed by atoms with Crippen molar-refractivity contribution in [1.82, 2.24) is 19.4 Å². The van der Waals surface area contributed by atoms with Gasteiger partial charge in [-0.25, -0.2) is 14.4 Å². The molecule has 10 nitrogen and oxygen atoms in total. The van der Waals surface area contributed by atoms with E-state index in [4.69, 9.17) is 9.73 Å². The number of ether oxygens (including phenoxy) is 1. The fraction of sp³-hybridized carbons (Fsp3) is 0.529. The molecule has 1 saturated heterocycles. The average Bonchev–Trinajstić information content (AvgIpc) is 3.01. The lowest BCUT2D eigenvalue weighted by Gasteiger charge is -2.61. The third-order valence-electron chi connectivity index (χ3n) is 10.6. The smallest absolute Gasteiger partial charge is 0.317 e. The molecule has 4 aliphatic rings. The maximum atomic E-state index is 14.4. The van der Waals surface area contributed by atoms with Crippen LogP contribution in [0.4, 0.5) is 10.1 Å². The first-order chi connectivity index (χ1) is 21.5. The van der Waals surface area contributed by atoms with E-state index >= 15 is 0 Å². The van der Waals surface area contributed by atoms with E-state index in [0.717, 1.165) is 18.1 Å². The molecule has 45 heavy (non-hydrogen) atoms. The summed E-state index contributed by atoms with van der Waals surface area (Å²) in [4.78, 5) is 38.6. The Bertz CT molecular complexity index is 1660. The third-order valence-corrected chi connectivity index (χ3v) is 10.6. The molecule has 7 rings (SSSR count). The molecule has 1 unspecified atom stereocenters. The van der Waals surface area contributed by atoms with Gasteiger partial charge in [0, 0.05) is 44.5 Å². The predicted octanol–water partition coefficient (Wildman–Crippen LogP) is 4.33. The number of rotatable bonds is 8. The Hall–Kier alpha value is -3.99. The summed E-state index contributed by atoms with van der Waals surface area (Å²) >= 11 is 0. The summed E-state index contributed by atoms with van der Waals surface area (Å²) in [6.45, 7) is 10.1. The monoisotopic (exact) mass is 618 g/mol. The minimum atomic E-state index is -0.816. The molecule has 2 N–H and O–H groups in total. The summed E-state index contributed by atoms with van der Waals surface area (Å²) in [6.07, 6.45) is 4.21. The molecule has 0 radical (unpaired) electrons. The number of hydrogen-bond donors (Lipinski definition) is 2. The number of carboxylic acids is 1. The predicted molar refractivity (Wildman–Crippen MR) is 172 cm³/mol. The highest BCUT2D eigenvalue weighted by molar-refractivity contribution is 5.96. The lowest BCUT2D eigenvalue weighted by Crippen LogP contribution is -2.57. The second kappa shape index (κ2) is 12.4. The van der Waals surface area contributed by atoms with E-state index in [0.29, 0.717) is 84.5 Å². The first-order valence-corrected chi connectivity index (χ1v) is 15.9. The van der Waals surface area contributed by atoms with Gasteiger partial charge in [-0.15, -0.1) is 0 Å². The van der Waals surface area contributed by atoms with Gasteiger partial charge < -0.3 is 20.1 Å². The van der Waals surface area contributed by atoms with Crippen molar-refractivity contribution in [3.8, 4) is 5.75 Å². The summed E-state index contributed by atoms with van der Waals surface area (Å²) in [6, 6.07) is 10.5. The van der Waals surface area contributed by atoms with E-state index in [2.05, 4.69) is 36.0 Å². The maximum absolute atomic E-state index is 14.4. The molecule has 0 spiro atoms. The highest BCUT2D eigenvalue weighted by Gasteiger charge is 2.56. The highest BCUT2D eigenvalue weighted by Crippen LogP contribution is 2.61. The summed E-state index contributed by atoms with van der Waals surface area (Å²) in [5, 5.41) is 13.3. The van der Waals surface area contributed by atoms with Crippen LogP contribution < -0.4 is 15.6 Å². The normalized spacial score (nSPS) is 24.7. The summed E-state index contributed by atoms with van der Waals surface area (Å²) < 4.78 is 21.0. The van der Waals surface area contributed by atoms with Crippen molar-refractivity contribution in [3.05, 3.63) is 64.5 Å². The molecule has 2 heterocycles. The van der Waals surface area contributed by atoms with E-state index < -0.39 is 5.97 Å². The molecule has 1 aromatic heterocycles. The van der Waals surface area contributed by atoms with Crippen LogP contribution in [0.3, 0.4) is 0 Å². The largest absolute Gasteiger partial charge is 0.497 e. The van der Waals surface area contributed by atoms with Gasteiger partial charge in [0.25, 0.3) is 5.56 Å². The van der Waals surface area contributed by atoms with E-state index in [1.165, 1.54) is 30.5 Å². The quantitative estimate of drug-likeness (QED) is 0.284. The number of aryl methyl sites for hydroxylation is 2. The first-order valence-electron chi connectivity index (χ1n) is 15.9. The number of guanidine groups is 1. The zero-order valence-corrected chi connectivity index (χ0v) is 26.5. The fourth-order valence-corrected chi connectivity index (χ4v) is 7.58. The number of aliphatic carboxylic acids is 1. The number of methoxy groups -OCH3 is 1. The van der Waals surface area contributed by atoms with Crippen molar-refractivity contribution in [1.29, 1.82) is 0 Å². The zero-order chi connectivity index (χ0) is 31.9. The SMILES string of the molecule is COc1ccc(CCn2cnc3cc(NC(=NC4C[C@H]5C[C@H]([C@H]4C)C5(C)C)N4CCN(CC(=O)O)CC4)ccc3c2=O)c(F)c1. The van der Waals surface area contributed by atoms with Crippen LogP contribution in [-0.2, 0) is 17.8 Å². The van der Waals surface area contributed by atoms with Crippen LogP contribution in [0.15, 0.2) is 52.5 Å². The van der Waals surface area contributed by atoms with Crippen LogP contribution in [0.25, 0.3) is 10.9 Å². The number of nitrogens with one attached hydrogen (secondary N) is 1. The van der Waals surface area contributed by atoms with Gasteiger partial charge in [-0.1, -0.05) is 26.8 Å². The highest BCUT2D eigenvalue weighted by atomic mass is 19.1. The number of hydrogen-bond acceptors (Lipinski definition) is 6. The number of benzene rings is 2. The Morgan fingerprint density at radius 2 is 1.93 bits per heavy atom. The Morgan fingerprint density at radius 1 is 1.16 bits per heavy atom. The summed E-state index contributed by atoms with van der Waals surface area (Å²) in [5.41, 5.74) is 2.04. The summed E-state index contributed by atoms with van der Waals surface area (Å²) in [7, 11) is 1.49. The van der Waals surface area contributed by atoms with Crippen molar-refractivity contribution < 1.29 is 19.0 Å². The minimum absolute atomic E-state index is 0.0365. The van der Waals surface area contributed by atoms with Gasteiger partial charge in [-0.3, -0.25) is 19.1 Å². The van der Waals surface area contributed by atoms with Crippen LogP contribution in [0.5, 0.6) is 5.75 Å². The number of carbonyl (C=O) groups is 1. The molecule has 3 aromatic rings. The number of aliphatic imine (C=N–C) groups is 1. The van der Waals surface area contributed by atoms with Crippen molar-refractivity contribution in [3.63, 3.8) is 0 Å². The summed E-state index contributed by atoms with van der Waals surface area (Å²) in [5.74, 6) is 1.86. The Labute approximate surface area is 262 Å². The molecule has 2 bridgehead atoms. The van der Waals surface area contributed by atoms with Crippen LogP contribution >= 0.6 is 0 Å². The Morgan fingerprint density at radius 3 is 2.60 bits per heavy atom. The molecule has 11 heteroatoms. The number of fused-ring (bicyclic) bond motifs is 3. The van der Waals surface area contributed by atoms with E-state index in [1.807, 2.05) is 17.0 Å². The molecular weight excluding hydrogens is 575 g/mol. The van der Waals surface area contributed by atoms with Crippen LogP contribution in [-0.4, -0.2) is 82.3 Å². The third kappa shape index (κ3) is 6.27. The van der Waals surface area contributed by atoms with E-state index in [9.17, 15) is 19.1 Å². The lowest BCUT2D eigenvalue weighted by atomic mass is 9.45.